The molecule has 0 radical (unpaired) electrons. The maximum absolute atomic E-state index is 11.7. The summed E-state index contributed by atoms with van der Waals surface area (Å²) in [6.07, 6.45) is -4.75. The lowest BCUT2D eigenvalue weighted by Crippen LogP contribution is -2.17. The smallest absolute Gasteiger partial charge is 0.406 e. The summed E-state index contributed by atoms with van der Waals surface area (Å²) in [5.74, 6) is -0.444. The predicted molar refractivity (Wildman–Crippen MR) is 44.5 cm³/mol. The molecule has 0 aliphatic heterocycles. The first-order valence-corrected chi connectivity index (χ1v) is 4.39. The second-order valence-electron chi connectivity index (χ2n) is 2.22. The van der Waals surface area contributed by atoms with Gasteiger partial charge in [-0.2, -0.15) is 0 Å². The molecule has 0 bridgehead atoms. The molecule has 0 heterocycles. The number of benzene rings is 1. The van der Waals surface area contributed by atoms with Crippen LogP contribution >= 0.6 is 11.6 Å². The van der Waals surface area contributed by atoms with E-state index in [0.29, 0.717) is 0 Å². The molecule has 1 aromatic carbocycles. The summed E-state index contributed by atoms with van der Waals surface area (Å²) in [6, 6.07) is 3.13. The minimum absolute atomic E-state index is 0.0632. The van der Waals surface area contributed by atoms with Crippen molar-refractivity contribution in [3.8, 4) is 5.75 Å². The Morgan fingerprint density at radius 3 is 2.43 bits per heavy atom. The fourth-order valence-electron chi connectivity index (χ4n) is 0.746. The van der Waals surface area contributed by atoms with Crippen molar-refractivity contribution in [2.75, 3.05) is 0 Å². The molecule has 0 fully saturated rings. The van der Waals surface area contributed by atoms with Crippen LogP contribution in [-0.2, 0) is 15.9 Å². The van der Waals surface area contributed by atoms with Crippen molar-refractivity contribution in [2.45, 2.75) is 11.3 Å². The molecular formula is C7H3ClF3O2S+. The summed E-state index contributed by atoms with van der Waals surface area (Å²) in [5.41, 5.74) is 0. The maximum Gasteiger partial charge on any atom is 0.573 e. The maximum atomic E-state index is 11.7. The highest BCUT2D eigenvalue weighted by atomic mass is 35.5. The lowest BCUT2D eigenvalue weighted by molar-refractivity contribution is -0.274. The Hall–Kier alpha value is -0.880. The molecule has 2 nitrogen and oxygen atoms in total. The molecule has 7 heteroatoms. The molecule has 0 aliphatic carbocycles. The molecule has 0 aromatic heterocycles. The van der Waals surface area contributed by atoms with Crippen LogP contribution in [-0.4, -0.2) is 6.36 Å². The van der Waals surface area contributed by atoms with Crippen LogP contribution in [0.15, 0.2) is 23.1 Å². The van der Waals surface area contributed by atoms with Crippen LogP contribution in [0.3, 0.4) is 0 Å². The molecule has 0 N–H and O–H groups in total. The van der Waals surface area contributed by atoms with E-state index in [2.05, 4.69) is 4.74 Å². The topological polar surface area (TPSA) is 26.3 Å². The molecule has 0 saturated heterocycles. The van der Waals surface area contributed by atoms with Crippen LogP contribution in [0.5, 0.6) is 5.75 Å². The van der Waals surface area contributed by atoms with Crippen molar-refractivity contribution in [2.24, 2.45) is 0 Å². The standard InChI is InChI=1S/C7H3ClF3O2S/c8-5-3-4(13-7(9,10)11)1-2-6(5)14-12/h1-3H/q+1. The average Bonchev–Trinajstić information content (AvgIpc) is 2.01. The van der Waals surface area contributed by atoms with Gasteiger partial charge in [-0.25, -0.2) is 0 Å². The number of alkyl halides is 3. The lowest BCUT2D eigenvalue weighted by atomic mass is 10.3. The highest BCUT2D eigenvalue weighted by Crippen LogP contribution is 2.27. The summed E-state index contributed by atoms with van der Waals surface area (Å²) in [4.78, 5) is 0.154. The number of hydrogen-bond acceptors (Lipinski definition) is 2. The Balaban J connectivity index is 2.92. The second kappa shape index (κ2) is 4.10. The largest absolute Gasteiger partial charge is 0.573 e. The van der Waals surface area contributed by atoms with Crippen molar-refractivity contribution in [3.63, 3.8) is 0 Å². The van der Waals surface area contributed by atoms with Gasteiger partial charge in [-0.1, -0.05) is 11.6 Å². The Bertz CT molecular complexity index is 353. The third-order valence-corrected chi connectivity index (χ3v) is 2.19. The molecule has 14 heavy (non-hydrogen) atoms. The van der Waals surface area contributed by atoms with E-state index in [-0.39, 0.29) is 21.6 Å². The number of halogens is 4. The zero-order chi connectivity index (χ0) is 10.8. The molecule has 0 amide bonds. The Morgan fingerprint density at radius 2 is 2.00 bits per heavy atom. The van der Waals surface area contributed by atoms with Crippen molar-refractivity contribution in [3.05, 3.63) is 23.2 Å². The van der Waals surface area contributed by atoms with Gasteiger partial charge in [0.05, 0.1) is 0 Å². The highest BCUT2D eigenvalue weighted by molar-refractivity contribution is 7.65. The van der Waals surface area contributed by atoms with Gasteiger partial charge >= 0.3 is 22.9 Å². The van der Waals surface area contributed by atoms with Crippen molar-refractivity contribution < 1.29 is 22.1 Å². The van der Waals surface area contributed by atoms with Gasteiger partial charge in [-0.15, -0.1) is 13.2 Å². The van der Waals surface area contributed by atoms with Crippen molar-refractivity contribution in [1.29, 1.82) is 0 Å². The minimum Gasteiger partial charge on any atom is -0.406 e. The Morgan fingerprint density at radius 1 is 1.36 bits per heavy atom. The third-order valence-electron chi connectivity index (χ3n) is 1.23. The van der Waals surface area contributed by atoms with Crippen LogP contribution in [0, 0.1) is 0 Å². The Labute approximate surface area is 86.1 Å². The molecular weight excluding hydrogens is 241 g/mol. The molecule has 0 aliphatic rings. The monoisotopic (exact) mass is 243 g/mol. The predicted octanol–water partition coefficient (Wildman–Crippen LogP) is 3.03. The molecule has 0 unspecified atom stereocenters. The molecule has 76 valence electrons. The van der Waals surface area contributed by atoms with Gasteiger partial charge in [-0.3, -0.25) is 0 Å². The lowest BCUT2D eigenvalue weighted by Gasteiger charge is -2.07. The number of rotatable bonds is 2. The van der Waals surface area contributed by atoms with Crippen LogP contribution in [0.4, 0.5) is 13.2 Å². The van der Waals surface area contributed by atoms with Gasteiger partial charge in [0.15, 0.2) is 0 Å². The van der Waals surface area contributed by atoms with Crippen LogP contribution in [0.2, 0.25) is 5.02 Å². The molecule has 0 saturated carbocycles. The van der Waals surface area contributed by atoms with Gasteiger partial charge in [0, 0.05) is 16.3 Å². The molecule has 1 aromatic rings. The summed E-state index contributed by atoms with van der Waals surface area (Å²) in [7, 11) is 0. The fraction of sp³-hybridized carbons (Fsp3) is 0.143. The van der Waals surface area contributed by atoms with Crippen LogP contribution < -0.4 is 4.74 Å². The summed E-state index contributed by atoms with van der Waals surface area (Å²) >= 11 is 5.59. The van der Waals surface area contributed by atoms with Crippen molar-refractivity contribution >= 4 is 23.3 Å². The van der Waals surface area contributed by atoms with Gasteiger partial charge in [0.1, 0.15) is 10.8 Å². The van der Waals surface area contributed by atoms with E-state index in [9.17, 15) is 17.4 Å². The first kappa shape index (κ1) is 11.2. The number of ether oxygens (including phenoxy) is 1. The van der Waals surface area contributed by atoms with Crippen LogP contribution in [0.1, 0.15) is 0 Å². The van der Waals surface area contributed by atoms with E-state index in [4.69, 9.17) is 11.6 Å². The van der Waals surface area contributed by atoms with Gasteiger partial charge < -0.3 is 4.74 Å². The van der Waals surface area contributed by atoms with E-state index in [1.807, 2.05) is 0 Å². The first-order valence-electron chi connectivity index (χ1n) is 3.27. The third kappa shape index (κ3) is 3.12. The molecule has 0 spiro atoms. The SMILES string of the molecule is O=[S+]c1ccc(OC(F)(F)F)cc1Cl. The van der Waals surface area contributed by atoms with E-state index < -0.39 is 12.1 Å². The minimum atomic E-state index is -4.75. The van der Waals surface area contributed by atoms with E-state index in [1.54, 1.807) is 0 Å². The fourth-order valence-corrected chi connectivity index (χ4v) is 1.27. The highest BCUT2D eigenvalue weighted by Gasteiger charge is 2.31. The summed E-state index contributed by atoms with van der Waals surface area (Å²) in [5, 5.41) is -0.0632. The second-order valence-corrected chi connectivity index (χ2v) is 3.24. The van der Waals surface area contributed by atoms with Gasteiger partial charge in [-0.05, 0) is 6.07 Å². The summed E-state index contributed by atoms with van der Waals surface area (Å²) in [6.45, 7) is 0. The summed E-state index contributed by atoms with van der Waals surface area (Å²) < 4.78 is 49.1. The van der Waals surface area contributed by atoms with Crippen molar-refractivity contribution in [1.82, 2.24) is 0 Å². The van der Waals surface area contributed by atoms with Gasteiger partial charge in [0.25, 0.3) is 0 Å². The zero-order valence-corrected chi connectivity index (χ0v) is 8.04. The first-order chi connectivity index (χ1) is 6.42. The zero-order valence-electron chi connectivity index (χ0n) is 6.47. The Kier molecular flexibility index (Phi) is 3.28. The van der Waals surface area contributed by atoms with Crippen LogP contribution in [0.25, 0.3) is 0 Å². The average molecular weight is 244 g/mol. The quantitative estimate of drug-likeness (QED) is 0.747. The van der Waals surface area contributed by atoms with Gasteiger partial charge in [0.2, 0.25) is 0 Å². The van der Waals surface area contributed by atoms with E-state index in [1.165, 1.54) is 6.07 Å². The van der Waals surface area contributed by atoms with E-state index >= 15 is 0 Å². The molecule has 0 atom stereocenters. The number of hydrogen-bond donors (Lipinski definition) is 0. The normalized spacial score (nSPS) is 11.1. The molecule has 1 rings (SSSR count). The van der Waals surface area contributed by atoms with E-state index in [0.717, 1.165) is 12.1 Å².